The summed E-state index contributed by atoms with van der Waals surface area (Å²) >= 11 is 0. The molecule has 0 amide bonds. The zero-order chi connectivity index (χ0) is 22.0. The average Bonchev–Trinajstić information content (AvgIpc) is 3.43. The summed E-state index contributed by atoms with van der Waals surface area (Å²) in [6, 6.07) is 15.1. The van der Waals surface area contributed by atoms with E-state index < -0.39 is 16.1 Å². The van der Waals surface area contributed by atoms with Crippen molar-refractivity contribution in [2.75, 3.05) is 0 Å². The lowest BCUT2D eigenvalue weighted by molar-refractivity contribution is 0.678. The molecule has 1 aliphatic heterocycles. The van der Waals surface area contributed by atoms with E-state index in [2.05, 4.69) is 93.9 Å². The Morgan fingerprint density at radius 3 is 1.84 bits per heavy atom. The van der Waals surface area contributed by atoms with E-state index in [1.54, 1.807) is 27.1 Å². The number of fused-ring (bicyclic) bond motifs is 3. The van der Waals surface area contributed by atoms with Gasteiger partial charge in [-0.05, 0) is 46.2 Å². The lowest BCUT2D eigenvalue weighted by Crippen LogP contribution is -2.38. The molecule has 2 atom stereocenters. The molecule has 2 aliphatic carbocycles. The van der Waals surface area contributed by atoms with Crippen LogP contribution in [0.25, 0.3) is 11.1 Å². The Hall–Kier alpha value is -1.43. The molecule has 2 unspecified atom stereocenters. The molecule has 2 aromatic rings. The van der Waals surface area contributed by atoms with Gasteiger partial charge in [0.25, 0.3) is 0 Å². The SMILES string of the molecule is C[Si](C)(C)c1ccc2c(c1)C(C1CCC(C3=CC=CC3)[Si]1)c1cc([Si](C)(C)C)ccc1-2. The number of hydrogen-bond donors (Lipinski definition) is 0. The van der Waals surface area contributed by atoms with E-state index >= 15 is 0 Å². The van der Waals surface area contributed by atoms with E-state index in [-0.39, 0.29) is 0 Å². The van der Waals surface area contributed by atoms with Gasteiger partial charge in [0, 0.05) is 5.92 Å². The third-order valence-corrected chi connectivity index (χ3v) is 13.8. The van der Waals surface area contributed by atoms with Gasteiger partial charge in [-0.15, -0.1) is 0 Å². The lowest BCUT2D eigenvalue weighted by atomic mass is 9.90. The van der Waals surface area contributed by atoms with Crippen LogP contribution in [0.1, 0.15) is 36.3 Å². The van der Waals surface area contributed by atoms with E-state index in [9.17, 15) is 0 Å². The molecule has 0 N–H and O–H groups in total. The van der Waals surface area contributed by atoms with Crippen molar-refractivity contribution in [1.29, 1.82) is 0 Å². The van der Waals surface area contributed by atoms with Crippen LogP contribution in [0.5, 0.6) is 0 Å². The quantitative estimate of drug-likeness (QED) is 0.441. The molecule has 1 fully saturated rings. The fourth-order valence-electron chi connectivity index (χ4n) is 5.71. The summed E-state index contributed by atoms with van der Waals surface area (Å²) in [6.45, 7) is 14.9. The van der Waals surface area contributed by atoms with E-state index in [1.807, 2.05) is 0 Å². The second kappa shape index (κ2) is 7.57. The van der Waals surface area contributed by atoms with Crippen LogP contribution in [0.2, 0.25) is 50.4 Å². The van der Waals surface area contributed by atoms with E-state index in [0.29, 0.717) is 5.92 Å². The van der Waals surface area contributed by atoms with Crippen LogP contribution in [0.4, 0.5) is 0 Å². The largest absolute Gasteiger partial charge is 0.0805 e. The maximum Gasteiger partial charge on any atom is 0.0776 e. The summed E-state index contributed by atoms with van der Waals surface area (Å²) in [4.78, 5) is 0. The summed E-state index contributed by atoms with van der Waals surface area (Å²) in [7, 11) is -1.60. The first-order valence-corrected chi connectivity index (χ1v) is 20.2. The second-order valence-electron chi connectivity index (χ2n) is 11.9. The highest BCUT2D eigenvalue weighted by molar-refractivity contribution is 6.89. The monoisotopic (exact) mass is 456 g/mol. The molecule has 2 aromatic carbocycles. The summed E-state index contributed by atoms with van der Waals surface area (Å²) in [5, 5.41) is 3.24. The fourth-order valence-corrected chi connectivity index (χ4v) is 10.2. The Balaban J connectivity index is 1.59. The zero-order valence-corrected chi connectivity index (χ0v) is 23.0. The van der Waals surface area contributed by atoms with Crippen molar-refractivity contribution >= 4 is 36.0 Å². The van der Waals surface area contributed by atoms with Gasteiger partial charge in [-0.1, -0.05) is 116 Å². The van der Waals surface area contributed by atoms with Crippen molar-refractivity contribution < 1.29 is 0 Å². The predicted octanol–water partition coefficient (Wildman–Crippen LogP) is 6.85. The van der Waals surface area contributed by atoms with Crippen molar-refractivity contribution in [2.45, 2.75) is 75.5 Å². The minimum Gasteiger partial charge on any atom is -0.0805 e. The van der Waals surface area contributed by atoms with Crippen LogP contribution >= 0.6 is 0 Å². The van der Waals surface area contributed by atoms with Gasteiger partial charge >= 0.3 is 0 Å². The molecule has 0 saturated carbocycles. The average molecular weight is 457 g/mol. The molecular weight excluding hydrogens is 421 g/mol. The summed E-state index contributed by atoms with van der Waals surface area (Å²) in [5.74, 6) is 0.607. The Kier molecular flexibility index (Phi) is 5.23. The molecule has 5 rings (SSSR count). The van der Waals surface area contributed by atoms with E-state index in [4.69, 9.17) is 0 Å². The third kappa shape index (κ3) is 3.83. The normalized spacial score (nSPS) is 23.2. The maximum absolute atomic E-state index is 2.63. The molecular formula is C28H36Si3. The van der Waals surface area contributed by atoms with Gasteiger partial charge in [0.1, 0.15) is 0 Å². The molecule has 2 radical (unpaired) electrons. The van der Waals surface area contributed by atoms with E-state index in [0.717, 1.165) is 20.6 Å². The molecule has 160 valence electrons. The molecule has 0 bridgehead atoms. The minimum absolute atomic E-state index is 0.607. The molecule has 1 heterocycles. The maximum atomic E-state index is 2.63. The van der Waals surface area contributed by atoms with Crippen LogP contribution in [0.15, 0.2) is 60.2 Å². The van der Waals surface area contributed by atoms with Gasteiger partial charge in [0.15, 0.2) is 0 Å². The Labute approximate surface area is 193 Å². The van der Waals surface area contributed by atoms with Gasteiger partial charge in [-0.2, -0.15) is 0 Å². The summed E-state index contributed by atoms with van der Waals surface area (Å²) in [5.41, 5.74) is 9.69. The van der Waals surface area contributed by atoms with Gasteiger partial charge in [0.2, 0.25) is 0 Å². The highest BCUT2D eigenvalue weighted by atomic mass is 28.3. The molecule has 3 aliphatic rings. The number of allylic oxidation sites excluding steroid dienone is 4. The van der Waals surface area contributed by atoms with Crippen molar-refractivity contribution in [3.05, 3.63) is 71.3 Å². The Morgan fingerprint density at radius 2 is 1.35 bits per heavy atom. The number of benzene rings is 2. The van der Waals surface area contributed by atoms with Gasteiger partial charge in [-0.3, -0.25) is 0 Å². The smallest absolute Gasteiger partial charge is 0.0776 e. The standard InChI is InChI=1S/C28H36Si3/c1-30(2,3)20-11-13-22-23-14-12-21(31(4,5)6)18-25(23)28(24(22)17-20)27-16-15-26(29-27)19-9-7-8-10-19/h7-9,11-14,17-18,26-28H,10,15-16H2,1-6H3. The number of hydrogen-bond acceptors (Lipinski definition) is 0. The summed E-state index contributed by atoms with van der Waals surface area (Å²) < 4.78 is 0. The Morgan fingerprint density at radius 1 is 0.774 bits per heavy atom. The second-order valence-corrected chi connectivity index (χ2v) is 23.8. The van der Waals surface area contributed by atoms with Crippen molar-refractivity contribution in [1.82, 2.24) is 0 Å². The molecule has 3 heteroatoms. The number of rotatable bonds is 4. The lowest BCUT2D eigenvalue weighted by Gasteiger charge is -2.25. The molecule has 31 heavy (non-hydrogen) atoms. The summed E-state index contributed by atoms with van der Waals surface area (Å²) in [6.07, 6.45) is 11.0. The highest BCUT2D eigenvalue weighted by Crippen LogP contribution is 2.55. The first-order chi connectivity index (χ1) is 14.6. The molecule has 1 saturated heterocycles. The topological polar surface area (TPSA) is 0 Å². The van der Waals surface area contributed by atoms with Crippen LogP contribution in [0, 0.1) is 0 Å². The van der Waals surface area contributed by atoms with Gasteiger partial charge in [-0.25, -0.2) is 0 Å². The molecule has 0 aromatic heterocycles. The first kappa shape index (κ1) is 21.4. The first-order valence-electron chi connectivity index (χ1n) is 12.0. The van der Waals surface area contributed by atoms with E-state index in [1.165, 1.54) is 30.4 Å². The highest BCUT2D eigenvalue weighted by Gasteiger charge is 2.40. The minimum atomic E-state index is -1.33. The third-order valence-electron chi connectivity index (χ3n) is 7.63. The van der Waals surface area contributed by atoms with Gasteiger partial charge < -0.3 is 0 Å². The predicted molar refractivity (Wildman–Crippen MR) is 144 cm³/mol. The molecule has 0 spiro atoms. The van der Waals surface area contributed by atoms with Crippen molar-refractivity contribution in [2.24, 2.45) is 0 Å². The van der Waals surface area contributed by atoms with Crippen LogP contribution in [0.3, 0.4) is 0 Å². The van der Waals surface area contributed by atoms with Gasteiger partial charge in [0.05, 0.1) is 25.7 Å². The Bertz CT molecular complexity index is 1010. The van der Waals surface area contributed by atoms with Crippen molar-refractivity contribution in [3.63, 3.8) is 0 Å². The molecule has 0 nitrogen and oxygen atoms in total. The zero-order valence-electron chi connectivity index (χ0n) is 20.0. The van der Waals surface area contributed by atoms with Crippen LogP contribution in [-0.2, 0) is 0 Å². The van der Waals surface area contributed by atoms with Crippen LogP contribution in [-0.4, -0.2) is 25.7 Å². The van der Waals surface area contributed by atoms with Crippen molar-refractivity contribution in [3.8, 4) is 11.1 Å². The fraction of sp³-hybridized carbons (Fsp3) is 0.429. The van der Waals surface area contributed by atoms with Crippen LogP contribution < -0.4 is 10.4 Å².